The molecule has 2 aromatic rings. The zero-order valence-electron chi connectivity index (χ0n) is 18.4. The van der Waals surface area contributed by atoms with Crippen LogP contribution in [0.3, 0.4) is 0 Å². The highest BCUT2D eigenvalue weighted by Gasteiger charge is 2.35. The molecule has 1 unspecified atom stereocenters. The summed E-state index contributed by atoms with van der Waals surface area (Å²) in [5.41, 5.74) is 1.67. The van der Waals surface area contributed by atoms with Gasteiger partial charge in [-0.1, -0.05) is 36.4 Å². The van der Waals surface area contributed by atoms with E-state index in [4.69, 9.17) is 4.74 Å². The van der Waals surface area contributed by atoms with Crippen LogP contribution in [0.4, 0.5) is 14.9 Å². The lowest BCUT2D eigenvalue weighted by Crippen LogP contribution is -2.35. The number of ketones is 1. The average Bonchev–Trinajstić information content (AvgIpc) is 3.22. The van der Waals surface area contributed by atoms with Gasteiger partial charge in [-0.2, -0.15) is 0 Å². The molecular weight excluding hydrogens is 425 g/mol. The molecule has 0 spiro atoms. The van der Waals surface area contributed by atoms with E-state index in [0.717, 1.165) is 25.9 Å². The molecule has 2 saturated heterocycles. The Bertz CT molecular complexity index is 1010. The summed E-state index contributed by atoms with van der Waals surface area (Å²) in [7, 11) is 0. The van der Waals surface area contributed by atoms with Gasteiger partial charge in [0, 0.05) is 24.0 Å². The first-order valence-corrected chi connectivity index (χ1v) is 11.3. The van der Waals surface area contributed by atoms with Crippen molar-refractivity contribution >= 4 is 23.5 Å². The number of carbonyl (C=O) groups is 3. The maximum absolute atomic E-state index is 14.8. The maximum Gasteiger partial charge on any atom is 0.414 e. The van der Waals surface area contributed by atoms with Crippen LogP contribution in [0.5, 0.6) is 0 Å². The Labute approximate surface area is 192 Å². The SMILES string of the molecule is O=C(CCC(=O)c1ccccc1)NCC1CN(c2cccc(F)c2C2CCNCC2)C(=O)O1. The monoisotopic (exact) mass is 453 g/mol. The number of anilines is 1. The van der Waals surface area contributed by atoms with Gasteiger partial charge in [-0.05, 0) is 44.0 Å². The lowest BCUT2D eigenvalue weighted by atomic mass is 9.88. The summed E-state index contributed by atoms with van der Waals surface area (Å²) in [5.74, 6) is -0.654. The van der Waals surface area contributed by atoms with Gasteiger partial charge in [0.25, 0.3) is 0 Å². The number of rotatable bonds is 8. The number of ether oxygens (including phenoxy) is 1. The standard InChI is InChI=1S/C25H28FN3O4/c26-20-7-4-8-21(24(20)18-11-13-27-14-12-18)29-16-19(33-25(29)32)15-28-23(31)10-9-22(30)17-5-2-1-3-6-17/h1-8,18-19,27H,9-16H2,(H,28,31). The van der Waals surface area contributed by atoms with E-state index >= 15 is 0 Å². The molecule has 7 nitrogen and oxygen atoms in total. The van der Waals surface area contributed by atoms with Gasteiger partial charge in [0.05, 0.1) is 18.8 Å². The highest BCUT2D eigenvalue weighted by molar-refractivity contribution is 5.98. The number of amides is 2. The topological polar surface area (TPSA) is 87.7 Å². The lowest BCUT2D eigenvalue weighted by Gasteiger charge is -2.27. The minimum Gasteiger partial charge on any atom is -0.442 e. The van der Waals surface area contributed by atoms with E-state index in [2.05, 4.69) is 10.6 Å². The molecule has 0 radical (unpaired) electrons. The van der Waals surface area contributed by atoms with Crippen LogP contribution in [0.1, 0.15) is 47.5 Å². The zero-order chi connectivity index (χ0) is 23.2. The minimum atomic E-state index is -0.547. The van der Waals surface area contributed by atoms with Crippen LogP contribution in [-0.2, 0) is 9.53 Å². The Balaban J connectivity index is 1.32. The first kappa shape index (κ1) is 22.9. The molecule has 0 saturated carbocycles. The Morgan fingerprint density at radius 3 is 2.58 bits per heavy atom. The molecule has 2 aliphatic rings. The second-order valence-electron chi connectivity index (χ2n) is 8.41. The number of nitrogens with one attached hydrogen (secondary N) is 2. The van der Waals surface area contributed by atoms with E-state index in [0.29, 0.717) is 16.8 Å². The molecule has 2 fully saturated rings. The third-order valence-corrected chi connectivity index (χ3v) is 6.14. The van der Waals surface area contributed by atoms with Crippen molar-refractivity contribution in [2.24, 2.45) is 0 Å². The molecule has 0 aromatic heterocycles. The van der Waals surface area contributed by atoms with Crippen molar-refractivity contribution in [3.63, 3.8) is 0 Å². The molecule has 8 heteroatoms. The Kier molecular flexibility index (Phi) is 7.34. The number of hydrogen-bond donors (Lipinski definition) is 2. The van der Waals surface area contributed by atoms with Crippen LogP contribution >= 0.6 is 0 Å². The first-order chi connectivity index (χ1) is 16.0. The molecule has 2 heterocycles. The van der Waals surface area contributed by atoms with Gasteiger partial charge in [0.15, 0.2) is 5.78 Å². The van der Waals surface area contributed by atoms with Crippen LogP contribution in [0.25, 0.3) is 0 Å². The van der Waals surface area contributed by atoms with E-state index < -0.39 is 12.2 Å². The normalized spacial score (nSPS) is 18.8. The second kappa shape index (κ2) is 10.6. The fraction of sp³-hybridized carbons (Fsp3) is 0.400. The molecule has 174 valence electrons. The van der Waals surface area contributed by atoms with Gasteiger partial charge >= 0.3 is 6.09 Å². The smallest absolute Gasteiger partial charge is 0.414 e. The Morgan fingerprint density at radius 1 is 1.06 bits per heavy atom. The highest BCUT2D eigenvalue weighted by Crippen LogP contribution is 2.36. The van der Waals surface area contributed by atoms with E-state index in [9.17, 15) is 18.8 Å². The number of benzene rings is 2. The van der Waals surface area contributed by atoms with Gasteiger partial charge in [0.2, 0.25) is 5.91 Å². The van der Waals surface area contributed by atoms with Crippen molar-refractivity contribution in [3.05, 3.63) is 65.5 Å². The van der Waals surface area contributed by atoms with Gasteiger partial charge in [-0.25, -0.2) is 9.18 Å². The van der Waals surface area contributed by atoms with Crippen LogP contribution in [0.2, 0.25) is 0 Å². The molecule has 4 rings (SSSR count). The molecular formula is C25H28FN3O4. The molecule has 2 amide bonds. The molecule has 1 atom stereocenters. The predicted octanol–water partition coefficient (Wildman–Crippen LogP) is 3.40. The molecule has 2 aliphatic heterocycles. The number of nitrogens with zero attached hydrogens (tertiary/aromatic N) is 1. The van der Waals surface area contributed by atoms with Crippen molar-refractivity contribution in [2.75, 3.05) is 31.1 Å². The fourth-order valence-electron chi connectivity index (χ4n) is 4.41. The Morgan fingerprint density at radius 2 is 1.82 bits per heavy atom. The van der Waals surface area contributed by atoms with Gasteiger partial charge < -0.3 is 15.4 Å². The molecule has 0 bridgehead atoms. The lowest BCUT2D eigenvalue weighted by molar-refractivity contribution is -0.121. The summed E-state index contributed by atoms with van der Waals surface area (Å²) in [6, 6.07) is 13.6. The summed E-state index contributed by atoms with van der Waals surface area (Å²) in [6.45, 7) is 1.98. The molecule has 2 N–H and O–H groups in total. The van der Waals surface area contributed by atoms with Crippen molar-refractivity contribution in [2.45, 2.75) is 37.7 Å². The number of piperidine rings is 1. The van der Waals surface area contributed by atoms with Crippen molar-refractivity contribution < 1.29 is 23.5 Å². The number of carbonyl (C=O) groups excluding carboxylic acids is 3. The third-order valence-electron chi connectivity index (χ3n) is 6.14. The van der Waals surface area contributed by atoms with Crippen molar-refractivity contribution in [1.82, 2.24) is 10.6 Å². The van der Waals surface area contributed by atoms with Gasteiger partial charge in [-0.3, -0.25) is 14.5 Å². The number of halogens is 1. The largest absolute Gasteiger partial charge is 0.442 e. The highest BCUT2D eigenvalue weighted by atomic mass is 19.1. The second-order valence-corrected chi connectivity index (χ2v) is 8.41. The van der Waals surface area contributed by atoms with Crippen LogP contribution < -0.4 is 15.5 Å². The number of hydrogen-bond acceptors (Lipinski definition) is 5. The fourth-order valence-corrected chi connectivity index (χ4v) is 4.41. The summed E-state index contributed by atoms with van der Waals surface area (Å²) in [4.78, 5) is 38.4. The number of Topliss-reactive ketones (excluding diaryl/α,β-unsaturated/α-hetero) is 1. The first-order valence-electron chi connectivity index (χ1n) is 11.3. The number of cyclic esters (lactones) is 1. The Hall–Kier alpha value is -3.26. The molecule has 0 aliphatic carbocycles. The van der Waals surface area contributed by atoms with Crippen molar-refractivity contribution in [3.8, 4) is 0 Å². The summed E-state index contributed by atoms with van der Waals surface area (Å²) in [6.07, 6.45) is 0.678. The summed E-state index contributed by atoms with van der Waals surface area (Å²) >= 11 is 0. The van der Waals surface area contributed by atoms with Gasteiger partial charge in [-0.15, -0.1) is 0 Å². The van der Waals surface area contributed by atoms with E-state index in [1.807, 2.05) is 6.07 Å². The minimum absolute atomic E-state index is 0.0381. The van der Waals surface area contributed by atoms with E-state index in [1.165, 1.54) is 11.0 Å². The summed E-state index contributed by atoms with van der Waals surface area (Å²) < 4.78 is 20.2. The third kappa shape index (κ3) is 5.57. The predicted molar refractivity (Wildman–Crippen MR) is 122 cm³/mol. The average molecular weight is 454 g/mol. The zero-order valence-corrected chi connectivity index (χ0v) is 18.4. The van der Waals surface area contributed by atoms with Crippen LogP contribution in [0.15, 0.2) is 48.5 Å². The van der Waals surface area contributed by atoms with E-state index in [-0.39, 0.29) is 49.4 Å². The maximum atomic E-state index is 14.8. The summed E-state index contributed by atoms with van der Waals surface area (Å²) in [5, 5.41) is 6.01. The molecule has 33 heavy (non-hydrogen) atoms. The van der Waals surface area contributed by atoms with Crippen LogP contribution in [0, 0.1) is 5.82 Å². The van der Waals surface area contributed by atoms with Gasteiger partial charge in [0.1, 0.15) is 11.9 Å². The quantitative estimate of drug-likeness (QED) is 0.599. The molecule has 2 aromatic carbocycles. The van der Waals surface area contributed by atoms with E-state index in [1.54, 1.807) is 36.4 Å². The van der Waals surface area contributed by atoms with Crippen LogP contribution in [-0.4, -0.2) is 50.1 Å². The van der Waals surface area contributed by atoms with Crippen molar-refractivity contribution in [1.29, 1.82) is 0 Å².